The van der Waals surface area contributed by atoms with Crippen LogP contribution in [0.4, 0.5) is 8.78 Å². The van der Waals surface area contributed by atoms with Crippen molar-refractivity contribution in [1.82, 2.24) is 9.88 Å². The summed E-state index contributed by atoms with van der Waals surface area (Å²) in [5.41, 5.74) is 1.09. The molecule has 5 heteroatoms. The van der Waals surface area contributed by atoms with Crippen LogP contribution in [0.15, 0.2) is 23.9 Å². The van der Waals surface area contributed by atoms with Gasteiger partial charge in [0.15, 0.2) is 5.82 Å². The molecule has 108 valence electrons. The summed E-state index contributed by atoms with van der Waals surface area (Å²) in [7, 11) is 0. The predicted molar refractivity (Wildman–Crippen MR) is 72.2 cm³/mol. The first-order valence-corrected chi connectivity index (χ1v) is 6.59. The second kappa shape index (κ2) is 5.31. The summed E-state index contributed by atoms with van der Waals surface area (Å²) < 4.78 is 26.6. The minimum atomic E-state index is -1.24. The molecule has 1 aromatic heterocycles. The molecule has 0 aromatic carbocycles. The lowest BCUT2D eigenvalue weighted by Crippen LogP contribution is -2.37. The van der Waals surface area contributed by atoms with Crippen LogP contribution >= 0.6 is 0 Å². The van der Waals surface area contributed by atoms with Crippen LogP contribution in [0, 0.1) is 17.2 Å². The molecule has 0 saturated carbocycles. The first-order chi connectivity index (χ1) is 9.30. The molecule has 0 spiro atoms. The first-order valence-electron chi connectivity index (χ1n) is 6.59. The summed E-state index contributed by atoms with van der Waals surface area (Å²) in [5.74, 6) is -2.91. The zero-order valence-corrected chi connectivity index (χ0v) is 11.9. The number of halogens is 2. The molecule has 0 radical (unpaired) electrons. The van der Waals surface area contributed by atoms with Crippen LogP contribution in [0.5, 0.6) is 0 Å². The predicted octanol–water partition coefficient (Wildman–Crippen LogP) is 3.18. The van der Waals surface area contributed by atoms with E-state index in [2.05, 4.69) is 25.8 Å². The Hall–Kier alpha value is -1.78. The van der Waals surface area contributed by atoms with Gasteiger partial charge in [-0.3, -0.25) is 4.79 Å². The van der Waals surface area contributed by atoms with Crippen molar-refractivity contribution in [3.8, 4) is 0 Å². The molecule has 0 aliphatic carbocycles. The van der Waals surface area contributed by atoms with Crippen LogP contribution in [0.3, 0.4) is 0 Å². The van der Waals surface area contributed by atoms with Crippen molar-refractivity contribution < 1.29 is 13.6 Å². The molecule has 0 unspecified atom stereocenters. The molecule has 2 rings (SSSR count). The number of aromatic nitrogens is 1. The molecule has 2 heterocycles. The third-order valence-corrected chi connectivity index (χ3v) is 3.54. The summed E-state index contributed by atoms with van der Waals surface area (Å²) in [6.45, 7) is 7.30. The number of pyridine rings is 1. The van der Waals surface area contributed by atoms with E-state index in [4.69, 9.17) is 0 Å². The maximum atomic E-state index is 13.6. The summed E-state index contributed by atoms with van der Waals surface area (Å²) in [6, 6.07) is 1.21. The fraction of sp³-hybridized carbons (Fsp3) is 0.467. The lowest BCUT2D eigenvalue weighted by molar-refractivity contribution is 0.0758. The van der Waals surface area contributed by atoms with Crippen LogP contribution in [-0.4, -0.2) is 28.9 Å². The maximum absolute atomic E-state index is 13.6. The molecule has 0 N–H and O–H groups in total. The van der Waals surface area contributed by atoms with Crippen molar-refractivity contribution >= 4 is 5.91 Å². The van der Waals surface area contributed by atoms with Crippen LogP contribution in [0.2, 0.25) is 0 Å². The van der Waals surface area contributed by atoms with Gasteiger partial charge in [-0.15, -0.1) is 0 Å². The van der Waals surface area contributed by atoms with E-state index in [-0.39, 0.29) is 11.0 Å². The molecule has 1 aromatic rings. The molecule has 1 aliphatic heterocycles. The fourth-order valence-corrected chi connectivity index (χ4v) is 2.29. The third-order valence-electron chi connectivity index (χ3n) is 3.54. The Morgan fingerprint density at radius 3 is 2.60 bits per heavy atom. The highest BCUT2D eigenvalue weighted by Crippen LogP contribution is 2.30. The Morgan fingerprint density at radius 1 is 1.35 bits per heavy atom. The Morgan fingerprint density at radius 2 is 2.05 bits per heavy atom. The SMILES string of the molecule is CC(C)(C)C1=CCN(C(=O)c2ccnc(F)c2F)CC1. The molecule has 0 saturated heterocycles. The lowest BCUT2D eigenvalue weighted by Gasteiger charge is -2.32. The zero-order valence-electron chi connectivity index (χ0n) is 11.9. The molecule has 3 nitrogen and oxygen atoms in total. The fourth-order valence-electron chi connectivity index (χ4n) is 2.29. The van der Waals surface area contributed by atoms with Crippen molar-refractivity contribution in [3.63, 3.8) is 0 Å². The van der Waals surface area contributed by atoms with Gasteiger partial charge in [0, 0.05) is 19.3 Å². The number of hydrogen-bond donors (Lipinski definition) is 0. The topological polar surface area (TPSA) is 33.2 Å². The van der Waals surface area contributed by atoms with E-state index >= 15 is 0 Å². The molecule has 1 amide bonds. The third kappa shape index (κ3) is 2.86. The highest BCUT2D eigenvalue weighted by molar-refractivity contribution is 5.94. The number of amides is 1. The Bertz CT molecular complexity index is 561. The Labute approximate surface area is 117 Å². The van der Waals surface area contributed by atoms with Crippen LogP contribution in [0.1, 0.15) is 37.6 Å². The summed E-state index contributed by atoms with van der Waals surface area (Å²) in [5, 5.41) is 0. The normalized spacial score (nSPS) is 16.1. The Balaban J connectivity index is 2.17. The van der Waals surface area contributed by atoms with Crippen molar-refractivity contribution in [1.29, 1.82) is 0 Å². The Kier molecular flexibility index (Phi) is 3.88. The van der Waals surface area contributed by atoms with Crippen molar-refractivity contribution in [3.05, 3.63) is 41.2 Å². The van der Waals surface area contributed by atoms with Gasteiger partial charge in [0.05, 0.1) is 5.56 Å². The van der Waals surface area contributed by atoms with Crippen LogP contribution in [0.25, 0.3) is 0 Å². The van der Waals surface area contributed by atoms with Gasteiger partial charge in [-0.1, -0.05) is 32.4 Å². The molecule has 20 heavy (non-hydrogen) atoms. The maximum Gasteiger partial charge on any atom is 0.257 e. The van der Waals surface area contributed by atoms with E-state index in [1.807, 2.05) is 6.08 Å². The van der Waals surface area contributed by atoms with Gasteiger partial charge < -0.3 is 4.90 Å². The number of nitrogens with zero attached hydrogens (tertiary/aromatic N) is 2. The minimum absolute atomic E-state index is 0.0726. The smallest absolute Gasteiger partial charge is 0.257 e. The van der Waals surface area contributed by atoms with E-state index in [1.54, 1.807) is 0 Å². The monoisotopic (exact) mass is 280 g/mol. The van der Waals surface area contributed by atoms with Gasteiger partial charge in [0.2, 0.25) is 5.95 Å². The van der Waals surface area contributed by atoms with Gasteiger partial charge in [-0.05, 0) is 17.9 Å². The molecule has 1 aliphatic rings. The molecular weight excluding hydrogens is 262 g/mol. The van der Waals surface area contributed by atoms with E-state index in [0.717, 1.165) is 12.6 Å². The standard InChI is InChI=1S/C15H18F2N2O/c1-15(2,3)10-5-8-19(9-6-10)14(20)11-4-7-18-13(17)12(11)16/h4-5,7H,6,8-9H2,1-3H3. The number of carbonyl (C=O) groups excluding carboxylic acids is 1. The van der Waals surface area contributed by atoms with E-state index < -0.39 is 17.7 Å². The van der Waals surface area contributed by atoms with Gasteiger partial charge >= 0.3 is 0 Å². The van der Waals surface area contributed by atoms with Gasteiger partial charge in [-0.2, -0.15) is 4.39 Å². The van der Waals surface area contributed by atoms with Crippen molar-refractivity contribution in [2.24, 2.45) is 5.41 Å². The number of rotatable bonds is 1. The average Bonchev–Trinajstić information content (AvgIpc) is 2.40. The molecule has 0 bridgehead atoms. The molecule has 0 atom stereocenters. The average molecular weight is 280 g/mol. The van der Waals surface area contributed by atoms with Gasteiger partial charge in [0.1, 0.15) is 0 Å². The second-order valence-corrected chi connectivity index (χ2v) is 5.94. The summed E-state index contributed by atoms with van der Waals surface area (Å²) >= 11 is 0. The minimum Gasteiger partial charge on any atom is -0.335 e. The molecule has 0 fully saturated rings. The van der Waals surface area contributed by atoms with Crippen LogP contribution in [-0.2, 0) is 0 Å². The van der Waals surface area contributed by atoms with Gasteiger partial charge in [0.25, 0.3) is 5.91 Å². The summed E-state index contributed by atoms with van der Waals surface area (Å²) in [4.78, 5) is 16.9. The van der Waals surface area contributed by atoms with E-state index in [9.17, 15) is 13.6 Å². The van der Waals surface area contributed by atoms with Crippen molar-refractivity contribution in [2.45, 2.75) is 27.2 Å². The highest BCUT2D eigenvalue weighted by Gasteiger charge is 2.26. The zero-order chi connectivity index (χ0) is 14.9. The first kappa shape index (κ1) is 14.6. The van der Waals surface area contributed by atoms with Gasteiger partial charge in [-0.25, -0.2) is 9.37 Å². The number of carbonyl (C=O) groups is 1. The van der Waals surface area contributed by atoms with Crippen LogP contribution < -0.4 is 0 Å². The summed E-state index contributed by atoms with van der Waals surface area (Å²) in [6.07, 6.45) is 3.85. The van der Waals surface area contributed by atoms with Crippen molar-refractivity contribution in [2.75, 3.05) is 13.1 Å². The lowest BCUT2D eigenvalue weighted by atomic mass is 9.83. The largest absolute Gasteiger partial charge is 0.335 e. The van der Waals surface area contributed by atoms with E-state index in [1.165, 1.54) is 16.5 Å². The quantitative estimate of drug-likeness (QED) is 0.584. The number of hydrogen-bond acceptors (Lipinski definition) is 2. The highest BCUT2D eigenvalue weighted by atomic mass is 19.2. The van der Waals surface area contributed by atoms with E-state index in [0.29, 0.717) is 13.1 Å². The molecular formula is C15H18F2N2O. The second-order valence-electron chi connectivity index (χ2n) is 5.94.